The number of ether oxygens (including phenoxy) is 2. The van der Waals surface area contributed by atoms with Crippen LogP contribution in [0.25, 0.3) is 10.9 Å². The van der Waals surface area contributed by atoms with Gasteiger partial charge in [0.25, 0.3) is 0 Å². The van der Waals surface area contributed by atoms with Gasteiger partial charge in [-0.25, -0.2) is 0 Å². The molecule has 0 spiro atoms. The minimum Gasteiger partial charge on any atom is -0.380 e. The van der Waals surface area contributed by atoms with E-state index in [0.29, 0.717) is 13.1 Å². The molecule has 140 valence electrons. The summed E-state index contributed by atoms with van der Waals surface area (Å²) in [4.78, 5) is 14.9. The number of fused-ring (bicyclic) bond motifs is 1. The predicted octanol–water partition coefficient (Wildman–Crippen LogP) is 1.63. The number of rotatable bonds is 6. The van der Waals surface area contributed by atoms with E-state index in [4.69, 9.17) is 9.47 Å². The van der Waals surface area contributed by atoms with Gasteiger partial charge in [-0.15, -0.1) is 0 Å². The van der Waals surface area contributed by atoms with Crippen molar-refractivity contribution in [2.45, 2.75) is 20.0 Å². The van der Waals surface area contributed by atoms with E-state index < -0.39 is 0 Å². The van der Waals surface area contributed by atoms with E-state index >= 15 is 0 Å². The summed E-state index contributed by atoms with van der Waals surface area (Å²) in [6.07, 6.45) is 2.13. The second-order valence-electron chi connectivity index (χ2n) is 7.77. The van der Waals surface area contributed by atoms with Crippen LogP contribution in [0.3, 0.4) is 0 Å². The maximum Gasteiger partial charge on any atom is 0.239 e. The van der Waals surface area contributed by atoms with Gasteiger partial charge in [-0.3, -0.25) is 9.69 Å². The van der Waals surface area contributed by atoms with Crippen molar-refractivity contribution in [2.24, 2.45) is 5.41 Å². The SMILES string of the molecule is CC1(CNC(=O)Cn2cc(CN3CCOCC3)c3ccccc32)COC1. The molecule has 2 fully saturated rings. The van der Waals surface area contributed by atoms with E-state index in [9.17, 15) is 4.79 Å². The zero-order valence-electron chi connectivity index (χ0n) is 15.4. The molecule has 3 heterocycles. The molecular weight excluding hydrogens is 330 g/mol. The van der Waals surface area contributed by atoms with Gasteiger partial charge < -0.3 is 19.4 Å². The summed E-state index contributed by atoms with van der Waals surface area (Å²) in [7, 11) is 0. The minimum absolute atomic E-state index is 0.0526. The van der Waals surface area contributed by atoms with Crippen molar-refractivity contribution in [2.75, 3.05) is 46.1 Å². The normalized spacial score (nSPS) is 20.0. The molecule has 0 radical (unpaired) electrons. The average molecular weight is 357 g/mol. The van der Waals surface area contributed by atoms with Crippen molar-refractivity contribution >= 4 is 16.8 Å². The maximum absolute atomic E-state index is 12.4. The fourth-order valence-electron chi connectivity index (χ4n) is 3.65. The number of aromatic nitrogens is 1. The number of hydrogen-bond acceptors (Lipinski definition) is 4. The Balaban J connectivity index is 1.46. The van der Waals surface area contributed by atoms with Gasteiger partial charge in [-0.05, 0) is 11.6 Å². The molecule has 2 aliphatic rings. The van der Waals surface area contributed by atoms with Crippen LogP contribution in [0.1, 0.15) is 12.5 Å². The Kier molecular flexibility index (Phi) is 4.98. The van der Waals surface area contributed by atoms with E-state index in [1.165, 1.54) is 10.9 Å². The van der Waals surface area contributed by atoms with Crippen molar-refractivity contribution in [3.8, 4) is 0 Å². The van der Waals surface area contributed by atoms with Crippen LogP contribution in [-0.2, 0) is 27.4 Å². The molecule has 0 aliphatic carbocycles. The Morgan fingerprint density at radius 3 is 2.69 bits per heavy atom. The van der Waals surface area contributed by atoms with Gasteiger partial charge >= 0.3 is 0 Å². The smallest absolute Gasteiger partial charge is 0.239 e. The largest absolute Gasteiger partial charge is 0.380 e. The molecule has 1 amide bonds. The molecule has 0 unspecified atom stereocenters. The van der Waals surface area contributed by atoms with Crippen LogP contribution in [-0.4, -0.2) is 61.4 Å². The lowest BCUT2D eigenvalue weighted by atomic mass is 9.89. The van der Waals surface area contributed by atoms with Crippen LogP contribution >= 0.6 is 0 Å². The van der Waals surface area contributed by atoms with Crippen molar-refractivity contribution in [1.29, 1.82) is 0 Å². The van der Waals surface area contributed by atoms with Gasteiger partial charge in [-0.1, -0.05) is 25.1 Å². The molecule has 2 saturated heterocycles. The second kappa shape index (κ2) is 7.39. The number of hydrogen-bond donors (Lipinski definition) is 1. The lowest BCUT2D eigenvalue weighted by Crippen LogP contribution is -2.49. The van der Waals surface area contributed by atoms with Crippen molar-refractivity contribution in [3.05, 3.63) is 36.0 Å². The molecule has 1 aromatic heterocycles. The third-order valence-corrected chi connectivity index (χ3v) is 5.30. The predicted molar refractivity (Wildman–Crippen MR) is 100.0 cm³/mol. The molecule has 2 aliphatic heterocycles. The lowest BCUT2D eigenvalue weighted by molar-refractivity contribution is -0.127. The molecule has 6 nitrogen and oxygen atoms in total. The van der Waals surface area contributed by atoms with Crippen LogP contribution in [0.15, 0.2) is 30.5 Å². The van der Waals surface area contributed by atoms with E-state index in [2.05, 4.69) is 46.1 Å². The monoisotopic (exact) mass is 357 g/mol. The van der Waals surface area contributed by atoms with E-state index in [0.717, 1.165) is 51.6 Å². The Morgan fingerprint density at radius 2 is 1.96 bits per heavy atom. The van der Waals surface area contributed by atoms with Crippen molar-refractivity contribution < 1.29 is 14.3 Å². The third-order valence-electron chi connectivity index (χ3n) is 5.30. The summed E-state index contributed by atoms with van der Waals surface area (Å²) in [5.41, 5.74) is 2.48. The minimum atomic E-state index is 0.0526. The van der Waals surface area contributed by atoms with Crippen LogP contribution < -0.4 is 5.32 Å². The zero-order chi connectivity index (χ0) is 18.0. The summed E-state index contributed by atoms with van der Waals surface area (Å²) in [6, 6.07) is 8.33. The number of benzene rings is 1. The van der Waals surface area contributed by atoms with Gasteiger partial charge in [0.2, 0.25) is 5.91 Å². The highest BCUT2D eigenvalue weighted by atomic mass is 16.5. The molecule has 1 aromatic carbocycles. The fourth-order valence-corrected chi connectivity index (χ4v) is 3.65. The summed E-state index contributed by atoms with van der Waals surface area (Å²) in [5, 5.41) is 4.29. The Hall–Kier alpha value is -1.89. The number of nitrogens with zero attached hydrogens (tertiary/aromatic N) is 2. The van der Waals surface area contributed by atoms with Crippen LogP contribution in [0.5, 0.6) is 0 Å². The Morgan fingerprint density at radius 1 is 1.19 bits per heavy atom. The quantitative estimate of drug-likeness (QED) is 0.854. The lowest BCUT2D eigenvalue weighted by Gasteiger charge is -2.38. The molecule has 0 saturated carbocycles. The van der Waals surface area contributed by atoms with E-state index in [1.807, 2.05) is 6.07 Å². The number of morpholine rings is 1. The second-order valence-corrected chi connectivity index (χ2v) is 7.77. The summed E-state index contributed by atoms with van der Waals surface area (Å²) in [6.45, 7) is 9.02. The Bertz CT molecular complexity index is 776. The number of carbonyl (C=O) groups excluding carboxylic acids is 1. The highest BCUT2D eigenvalue weighted by Crippen LogP contribution is 2.25. The molecule has 4 rings (SSSR count). The first-order valence-corrected chi connectivity index (χ1v) is 9.34. The van der Waals surface area contributed by atoms with Gasteiger partial charge in [0.15, 0.2) is 0 Å². The molecule has 2 aromatic rings. The first-order chi connectivity index (χ1) is 12.6. The van der Waals surface area contributed by atoms with E-state index in [1.54, 1.807) is 0 Å². The first-order valence-electron chi connectivity index (χ1n) is 9.34. The highest BCUT2D eigenvalue weighted by molar-refractivity contribution is 5.86. The highest BCUT2D eigenvalue weighted by Gasteiger charge is 2.33. The molecular formula is C20H27N3O3. The topological polar surface area (TPSA) is 55.7 Å². The fraction of sp³-hybridized carbons (Fsp3) is 0.550. The summed E-state index contributed by atoms with van der Waals surface area (Å²) in [5.74, 6) is 0.0526. The maximum atomic E-state index is 12.4. The first kappa shape index (κ1) is 17.5. The molecule has 1 N–H and O–H groups in total. The van der Waals surface area contributed by atoms with Crippen molar-refractivity contribution in [3.63, 3.8) is 0 Å². The number of nitrogens with one attached hydrogen (secondary N) is 1. The van der Waals surface area contributed by atoms with Gasteiger partial charge in [0, 0.05) is 48.7 Å². The summed E-state index contributed by atoms with van der Waals surface area (Å²) >= 11 is 0. The van der Waals surface area contributed by atoms with Crippen molar-refractivity contribution in [1.82, 2.24) is 14.8 Å². The zero-order valence-corrected chi connectivity index (χ0v) is 15.4. The van der Waals surface area contributed by atoms with Gasteiger partial charge in [0.1, 0.15) is 6.54 Å². The summed E-state index contributed by atoms with van der Waals surface area (Å²) < 4.78 is 12.8. The van der Waals surface area contributed by atoms with Crippen LogP contribution in [0, 0.1) is 5.41 Å². The molecule has 0 bridgehead atoms. The van der Waals surface area contributed by atoms with Crippen LogP contribution in [0.4, 0.5) is 0 Å². The number of para-hydroxylation sites is 1. The van der Waals surface area contributed by atoms with Gasteiger partial charge in [-0.2, -0.15) is 0 Å². The van der Waals surface area contributed by atoms with Gasteiger partial charge in [0.05, 0.1) is 26.4 Å². The molecule has 26 heavy (non-hydrogen) atoms. The average Bonchev–Trinajstić information content (AvgIpc) is 2.97. The Labute approximate surface area is 154 Å². The molecule has 0 atom stereocenters. The van der Waals surface area contributed by atoms with Crippen LogP contribution in [0.2, 0.25) is 0 Å². The van der Waals surface area contributed by atoms with E-state index in [-0.39, 0.29) is 11.3 Å². The standard InChI is InChI=1S/C20H27N3O3/c1-20(14-26-15-20)13-21-19(24)12-23-11-16(10-22-6-8-25-9-7-22)17-4-2-3-5-18(17)23/h2-5,11H,6-10,12-15H2,1H3,(H,21,24). The number of amides is 1. The third kappa shape index (κ3) is 3.77. The molecule has 6 heteroatoms. The number of carbonyl (C=O) groups is 1.